The summed E-state index contributed by atoms with van der Waals surface area (Å²) in [6.07, 6.45) is -0.114. The Morgan fingerprint density at radius 3 is 2.61 bits per heavy atom. The summed E-state index contributed by atoms with van der Waals surface area (Å²) in [6, 6.07) is 4.11. The SMILES string of the molecule is O=C(NCCCSc1nc2c(c(=O)[nH]1)CCCC2)c1ccc(C(F)(F)F)cc1. The van der Waals surface area contributed by atoms with Crippen molar-refractivity contribution >= 4 is 17.7 Å². The van der Waals surface area contributed by atoms with Gasteiger partial charge in [0.15, 0.2) is 5.16 Å². The average molecular weight is 411 g/mol. The van der Waals surface area contributed by atoms with Crippen LogP contribution in [-0.4, -0.2) is 28.2 Å². The lowest BCUT2D eigenvalue weighted by atomic mass is 9.97. The van der Waals surface area contributed by atoms with Gasteiger partial charge in [-0.05, 0) is 56.4 Å². The third-order valence-corrected chi connectivity index (χ3v) is 5.45. The van der Waals surface area contributed by atoms with Crippen LogP contribution in [0.15, 0.2) is 34.2 Å². The predicted octanol–water partition coefficient (Wildman–Crippen LogP) is 3.58. The van der Waals surface area contributed by atoms with E-state index in [1.54, 1.807) is 0 Å². The third-order valence-electron chi connectivity index (χ3n) is 4.49. The van der Waals surface area contributed by atoms with Crippen molar-refractivity contribution in [2.75, 3.05) is 12.3 Å². The Morgan fingerprint density at radius 1 is 1.18 bits per heavy atom. The van der Waals surface area contributed by atoms with Crippen molar-refractivity contribution in [3.8, 4) is 0 Å². The molecule has 1 heterocycles. The van der Waals surface area contributed by atoms with E-state index < -0.39 is 17.6 Å². The Labute approximate surface area is 164 Å². The van der Waals surface area contributed by atoms with Crippen molar-refractivity contribution in [3.63, 3.8) is 0 Å². The second-order valence-corrected chi connectivity index (χ2v) is 7.62. The molecule has 1 aliphatic carbocycles. The fraction of sp³-hybridized carbons (Fsp3) is 0.421. The zero-order valence-electron chi connectivity index (χ0n) is 15.1. The fourth-order valence-corrected chi connectivity index (χ4v) is 3.83. The van der Waals surface area contributed by atoms with Crippen molar-refractivity contribution in [3.05, 3.63) is 57.0 Å². The number of rotatable bonds is 6. The highest BCUT2D eigenvalue weighted by Gasteiger charge is 2.30. The molecule has 0 aliphatic heterocycles. The number of thioether (sulfide) groups is 1. The zero-order chi connectivity index (χ0) is 20.1. The van der Waals surface area contributed by atoms with Gasteiger partial charge in [-0.15, -0.1) is 0 Å². The fourth-order valence-electron chi connectivity index (χ4n) is 3.00. The summed E-state index contributed by atoms with van der Waals surface area (Å²) < 4.78 is 37.6. The Hall–Kier alpha value is -2.29. The molecule has 1 aromatic heterocycles. The number of carbonyl (C=O) groups excluding carboxylic acids is 1. The smallest absolute Gasteiger partial charge is 0.352 e. The molecular weight excluding hydrogens is 391 g/mol. The molecule has 2 N–H and O–H groups in total. The number of halogens is 3. The number of hydrogen-bond acceptors (Lipinski definition) is 4. The van der Waals surface area contributed by atoms with Gasteiger partial charge in [-0.25, -0.2) is 4.98 Å². The number of nitrogens with one attached hydrogen (secondary N) is 2. The first-order valence-corrected chi connectivity index (χ1v) is 10.0. The van der Waals surface area contributed by atoms with E-state index in [4.69, 9.17) is 0 Å². The molecule has 28 heavy (non-hydrogen) atoms. The number of fused-ring (bicyclic) bond motifs is 1. The predicted molar refractivity (Wildman–Crippen MR) is 101 cm³/mol. The maximum absolute atomic E-state index is 12.5. The molecule has 1 amide bonds. The van der Waals surface area contributed by atoms with Gasteiger partial charge in [0, 0.05) is 23.4 Å². The largest absolute Gasteiger partial charge is 0.416 e. The molecule has 0 radical (unpaired) electrons. The van der Waals surface area contributed by atoms with Crippen LogP contribution in [0.1, 0.15) is 46.4 Å². The summed E-state index contributed by atoms with van der Waals surface area (Å²) in [5, 5.41) is 3.26. The molecule has 0 spiro atoms. The highest BCUT2D eigenvalue weighted by atomic mass is 32.2. The minimum absolute atomic E-state index is 0.0668. The van der Waals surface area contributed by atoms with E-state index in [0.717, 1.165) is 61.2 Å². The summed E-state index contributed by atoms with van der Waals surface area (Å²) in [6.45, 7) is 0.377. The van der Waals surface area contributed by atoms with E-state index in [-0.39, 0.29) is 11.1 Å². The molecule has 1 aromatic carbocycles. The number of aromatic amines is 1. The maximum Gasteiger partial charge on any atom is 0.416 e. The van der Waals surface area contributed by atoms with Crippen LogP contribution in [0.25, 0.3) is 0 Å². The Kier molecular flexibility index (Phi) is 6.43. The number of aryl methyl sites for hydroxylation is 1. The average Bonchev–Trinajstić information content (AvgIpc) is 2.67. The molecule has 150 valence electrons. The minimum Gasteiger partial charge on any atom is -0.352 e. The first kappa shape index (κ1) is 20.4. The lowest BCUT2D eigenvalue weighted by Gasteiger charge is -2.14. The van der Waals surface area contributed by atoms with Crippen LogP contribution in [0.4, 0.5) is 13.2 Å². The number of aromatic nitrogens is 2. The number of benzene rings is 1. The van der Waals surface area contributed by atoms with Crippen molar-refractivity contribution in [1.82, 2.24) is 15.3 Å². The lowest BCUT2D eigenvalue weighted by Crippen LogP contribution is -2.25. The van der Waals surface area contributed by atoms with Crippen molar-refractivity contribution in [2.45, 2.75) is 43.4 Å². The van der Waals surface area contributed by atoms with Crippen molar-refractivity contribution in [2.24, 2.45) is 0 Å². The zero-order valence-corrected chi connectivity index (χ0v) is 15.9. The van der Waals surface area contributed by atoms with E-state index in [1.165, 1.54) is 11.8 Å². The third kappa shape index (κ3) is 5.15. The van der Waals surface area contributed by atoms with E-state index in [1.807, 2.05) is 0 Å². The van der Waals surface area contributed by atoms with E-state index in [0.29, 0.717) is 23.9 Å². The first-order chi connectivity index (χ1) is 13.3. The minimum atomic E-state index is -4.42. The molecule has 0 saturated carbocycles. The number of carbonyl (C=O) groups is 1. The van der Waals surface area contributed by atoms with Gasteiger partial charge in [-0.3, -0.25) is 9.59 Å². The van der Waals surface area contributed by atoms with Gasteiger partial charge in [0.2, 0.25) is 0 Å². The molecule has 1 aliphatic rings. The van der Waals surface area contributed by atoms with Gasteiger partial charge in [-0.2, -0.15) is 13.2 Å². The first-order valence-electron chi connectivity index (χ1n) is 9.05. The van der Waals surface area contributed by atoms with Crippen molar-refractivity contribution < 1.29 is 18.0 Å². The van der Waals surface area contributed by atoms with Crippen LogP contribution in [0.2, 0.25) is 0 Å². The number of hydrogen-bond donors (Lipinski definition) is 2. The van der Waals surface area contributed by atoms with Crippen molar-refractivity contribution in [1.29, 1.82) is 0 Å². The van der Waals surface area contributed by atoms with E-state index in [2.05, 4.69) is 15.3 Å². The van der Waals surface area contributed by atoms with Crippen LogP contribution < -0.4 is 10.9 Å². The van der Waals surface area contributed by atoms with Gasteiger partial charge in [0.05, 0.1) is 11.3 Å². The van der Waals surface area contributed by atoms with Crippen LogP contribution in [0.5, 0.6) is 0 Å². The second-order valence-electron chi connectivity index (χ2n) is 6.54. The molecule has 2 aromatic rings. The summed E-state index contributed by atoms with van der Waals surface area (Å²) in [5.41, 5.74) is 1.00. The van der Waals surface area contributed by atoms with Crippen LogP contribution in [0, 0.1) is 0 Å². The topological polar surface area (TPSA) is 74.8 Å². The molecule has 0 fully saturated rings. The van der Waals surface area contributed by atoms with Crippen LogP contribution in [0.3, 0.4) is 0 Å². The summed E-state index contributed by atoms with van der Waals surface area (Å²) >= 11 is 1.42. The van der Waals surface area contributed by atoms with E-state index >= 15 is 0 Å². The summed E-state index contributed by atoms with van der Waals surface area (Å²) in [4.78, 5) is 31.4. The van der Waals surface area contributed by atoms with Gasteiger partial charge < -0.3 is 10.3 Å². The number of amides is 1. The normalized spacial score (nSPS) is 13.8. The molecule has 9 heteroatoms. The summed E-state index contributed by atoms with van der Waals surface area (Å²) in [5.74, 6) is 0.230. The second kappa shape index (κ2) is 8.81. The molecule has 5 nitrogen and oxygen atoms in total. The number of H-pyrrole nitrogens is 1. The highest BCUT2D eigenvalue weighted by molar-refractivity contribution is 7.99. The molecule has 0 atom stereocenters. The van der Waals surface area contributed by atoms with Gasteiger partial charge >= 0.3 is 6.18 Å². The standard InChI is InChI=1S/C19H20F3N3O2S/c20-19(21,22)13-8-6-12(7-9-13)16(26)23-10-3-11-28-18-24-15-5-2-1-4-14(15)17(27)25-18/h6-9H,1-5,10-11H2,(H,23,26)(H,24,25,27). The molecule has 0 unspecified atom stereocenters. The number of alkyl halides is 3. The van der Waals surface area contributed by atoms with Gasteiger partial charge in [0.25, 0.3) is 11.5 Å². The molecular formula is C19H20F3N3O2S. The Morgan fingerprint density at radius 2 is 1.89 bits per heavy atom. The Balaban J connectivity index is 1.44. The number of nitrogens with zero attached hydrogens (tertiary/aromatic N) is 1. The van der Waals surface area contributed by atoms with Gasteiger partial charge in [0.1, 0.15) is 0 Å². The summed E-state index contributed by atoms with van der Waals surface area (Å²) in [7, 11) is 0. The Bertz CT molecular complexity index is 895. The monoisotopic (exact) mass is 411 g/mol. The van der Waals surface area contributed by atoms with Crippen LogP contribution >= 0.6 is 11.8 Å². The lowest BCUT2D eigenvalue weighted by molar-refractivity contribution is -0.137. The molecule has 3 rings (SSSR count). The molecule has 0 saturated heterocycles. The molecule has 0 bridgehead atoms. The quantitative estimate of drug-likeness (QED) is 0.433. The van der Waals surface area contributed by atoms with Crippen LogP contribution in [-0.2, 0) is 19.0 Å². The maximum atomic E-state index is 12.5. The van der Waals surface area contributed by atoms with Gasteiger partial charge in [-0.1, -0.05) is 11.8 Å². The van der Waals surface area contributed by atoms with E-state index in [9.17, 15) is 22.8 Å². The highest BCUT2D eigenvalue weighted by Crippen LogP contribution is 2.29.